The Kier molecular flexibility index (Phi) is 2.09. The van der Waals surface area contributed by atoms with Crippen LogP contribution in [0.2, 0.25) is 0 Å². The van der Waals surface area contributed by atoms with Crippen molar-refractivity contribution in [1.29, 1.82) is 0 Å². The number of hydrogen-bond acceptors (Lipinski definition) is 2. The summed E-state index contributed by atoms with van der Waals surface area (Å²) in [5.41, 5.74) is 0. The fourth-order valence-corrected chi connectivity index (χ4v) is 2.10. The number of hydrogen-bond donors (Lipinski definition) is 2. The first-order chi connectivity index (χ1) is 6.58. The van der Waals surface area contributed by atoms with Crippen molar-refractivity contribution in [2.75, 3.05) is 13.1 Å². The standard InChI is InChI=1S/C9H14N2O3/c1-5(10-9(13)14)8(12)11-3-6-2-7(6)4-11/h5-7,10H,2-4H2,1H3,(H,13,14)/t5-,6?,7?/m1/s1. The number of nitrogens with zero attached hydrogens (tertiary/aromatic N) is 1. The zero-order valence-electron chi connectivity index (χ0n) is 8.06. The molecule has 78 valence electrons. The lowest BCUT2D eigenvalue weighted by atomic mass is 10.3. The molecule has 2 aliphatic rings. The van der Waals surface area contributed by atoms with Crippen molar-refractivity contribution in [2.45, 2.75) is 19.4 Å². The summed E-state index contributed by atoms with van der Waals surface area (Å²) in [6, 6.07) is -0.620. The summed E-state index contributed by atoms with van der Waals surface area (Å²) in [4.78, 5) is 23.7. The third-order valence-electron chi connectivity index (χ3n) is 3.00. The number of amides is 2. The first-order valence-electron chi connectivity index (χ1n) is 4.86. The Morgan fingerprint density at radius 3 is 2.50 bits per heavy atom. The smallest absolute Gasteiger partial charge is 0.405 e. The minimum Gasteiger partial charge on any atom is -0.465 e. The maximum absolute atomic E-state index is 11.6. The maximum Gasteiger partial charge on any atom is 0.405 e. The molecule has 0 bridgehead atoms. The summed E-state index contributed by atoms with van der Waals surface area (Å²) in [5, 5.41) is 10.6. The molecule has 1 heterocycles. The van der Waals surface area contributed by atoms with E-state index in [-0.39, 0.29) is 5.91 Å². The highest BCUT2D eigenvalue weighted by molar-refractivity contribution is 5.85. The number of nitrogens with one attached hydrogen (secondary N) is 1. The predicted molar refractivity (Wildman–Crippen MR) is 48.8 cm³/mol. The van der Waals surface area contributed by atoms with Crippen molar-refractivity contribution in [3.63, 3.8) is 0 Å². The van der Waals surface area contributed by atoms with Gasteiger partial charge in [-0.1, -0.05) is 0 Å². The summed E-state index contributed by atoms with van der Waals surface area (Å²) in [7, 11) is 0. The van der Waals surface area contributed by atoms with Crippen LogP contribution in [0.3, 0.4) is 0 Å². The SMILES string of the molecule is C[C@@H](NC(=O)O)C(=O)N1CC2CC2C1. The Morgan fingerprint density at radius 1 is 1.43 bits per heavy atom. The summed E-state index contributed by atoms with van der Waals surface area (Å²) < 4.78 is 0. The number of piperidine rings is 1. The van der Waals surface area contributed by atoms with E-state index in [1.54, 1.807) is 11.8 Å². The quantitative estimate of drug-likeness (QED) is 0.662. The van der Waals surface area contributed by atoms with Gasteiger partial charge in [-0.2, -0.15) is 0 Å². The second kappa shape index (κ2) is 3.15. The first-order valence-corrected chi connectivity index (χ1v) is 4.86. The molecule has 5 heteroatoms. The average Bonchev–Trinajstić information content (AvgIpc) is 2.71. The van der Waals surface area contributed by atoms with Gasteiger partial charge in [-0.3, -0.25) is 4.79 Å². The molecule has 0 aromatic rings. The minimum absolute atomic E-state index is 0.0976. The zero-order chi connectivity index (χ0) is 10.3. The Bertz CT molecular complexity index is 269. The highest BCUT2D eigenvalue weighted by Crippen LogP contribution is 2.44. The van der Waals surface area contributed by atoms with E-state index in [2.05, 4.69) is 5.32 Å². The molecule has 14 heavy (non-hydrogen) atoms. The molecule has 2 N–H and O–H groups in total. The molecule has 0 radical (unpaired) electrons. The van der Waals surface area contributed by atoms with E-state index in [9.17, 15) is 9.59 Å². The molecule has 0 aromatic heterocycles. The molecule has 1 saturated heterocycles. The van der Waals surface area contributed by atoms with E-state index in [1.807, 2.05) is 0 Å². The fourth-order valence-electron chi connectivity index (χ4n) is 2.10. The lowest BCUT2D eigenvalue weighted by Gasteiger charge is -2.21. The van der Waals surface area contributed by atoms with Crippen molar-refractivity contribution in [2.24, 2.45) is 11.8 Å². The van der Waals surface area contributed by atoms with E-state index < -0.39 is 12.1 Å². The van der Waals surface area contributed by atoms with Crippen LogP contribution in [-0.4, -0.2) is 41.1 Å². The number of fused-ring (bicyclic) bond motifs is 1. The molecule has 2 fully saturated rings. The summed E-state index contributed by atoms with van der Waals surface area (Å²) in [5.74, 6) is 1.28. The van der Waals surface area contributed by atoms with Gasteiger partial charge in [0.25, 0.3) is 0 Å². The zero-order valence-corrected chi connectivity index (χ0v) is 8.06. The topological polar surface area (TPSA) is 69.6 Å². The molecule has 1 aliphatic carbocycles. The van der Waals surface area contributed by atoms with Crippen LogP contribution in [0.15, 0.2) is 0 Å². The second-order valence-corrected chi connectivity index (χ2v) is 4.17. The van der Waals surface area contributed by atoms with Crippen LogP contribution in [-0.2, 0) is 4.79 Å². The van der Waals surface area contributed by atoms with E-state index in [4.69, 9.17) is 5.11 Å². The van der Waals surface area contributed by atoms with Gasteiger partial charge in [-0.15, -0.1) is 0 Å². The highest BCUT2D eigenvalue weighted by atomic mass is 16.4. The fraction of sp³-hybridized carbons (Fsp3) is 0.778. The summed E-state index contributed by atoms with van der Waals surface area (Å²) in [6.45, 7) is 3.21. The van der Waals surface area contributed by atoms with Crippen LogP contribution < -0.4 is 5.32 Å². The molecule has 3 atom stereocenters. The van der Waals surface area contributed by atoms with Crippen LogP contribution in [0.5, 0.6) is 0 Å². The molecule has 0 spiro atoms. The lowest BCUT2D eigenvalue weighted by Crippen LogP contribution is -2.46. The van der Waals surface area contributed by atoms with Gasteiger partial charge in [-0.25, -0.2) is 4.79 Å². The van der Waals surface area contributed by atoms with E-state index in [1.165, 1.54) is 6.42 Å². The van der Waals surface area contributed by atoms with Crippen LogP contribution in [0.1, 0.15) is 13.3 Å². The lowest BCUT2D eigenvalue weighted by molar-refractivity contribution is -0.132. The van der Waals surface area contributed by atoms with Gasteiger partial charge in [0.1, 0.15) is 6.04 Å². The molecule has 1 aliphatic heterocycles. The number of likely N-dealkylation sites (tertiary alicyclic amines) is 1. The van der Waals surface area contributed by atoms with Gasteiger partial charge < -0.3 is 15.3 Å². The molecular formula is C9H14N2O3. The van der Waals surface area contributed by atoms with Crippen molar-refractivity contribution in [3.8, 4) is 0 Å². The van der Waals surface area contributed by atoms with E-state index >= 15 is 0 Å². The van der Waals surface area contributed by atoms with E-state index in [0.717, 1.165) is 13.1 Å². The van der Waals surface area contributed by atoms with Crippen LogP contribution in [0, 0.1) is 11.8 Å². The van der Waals surface area contributed by atoms with Gasteiger partial charge in [0, 0.05) is 13.1 Å². The summed E-state index contributed by atoms with van der Waals surface area (Å²) >= 11 is 0. The molecule has 2 unspecified atom stereocenters. The Hall–Kier alpha value is -1.26. The maximum atomic E-state index is 11.6. The molecule has 0 aromatic carbocycles. The third-order valence-corrected chi connectivity index (χ3v) is 3.00. The number of rotatable bonds is 2. The minimum atomic E-state index is -1.14. The average molecular weight is 198 g/mol. The van der Waals surface area contributed by atoms with Crippen molar-refractivity contribution in [3.05, 3.63) is 0 Å². The second-order valence-electron chi connectivity index (χ2n) is 4.17. The van der Waals surface area contributed by atoms with Crippen molar-refractivity contribution >= 4 is 12.0 Å². The Labute approximate surface area is 82.1 Å². The third kappa shape index (κ3) is 1.66. The normalized spacial score (nSPS) is 30.8. The molecule has 5 nitrogen and oxygen atoms in total. The van der Waals surface area contributed by atoms with Gasteiger partial charge >= 0.3 is 6.09 Å². The van der Waals surface area contributed by atoms with Crippen molar-refractivity contribution < 1.29 is 14.7 Å². The molecular weight excluding hydrogens is 184 g/mol. The van der Waals surface area contributed by atoms with Gasteiger partial charge in [0.2, 0.25) is 5.91 Å². The van der Waals surface area contributed by atoms with Crippen LogP contribution in [0.25, 0.3) is 0 Å². The largest absolute Gasteiger partial charge is 0.465 e. The highest BCUT2D eigenvalue weighted by Gasteiger charge is 2.47. The van der Waals surface area contributed by atoms with Crippen LogP contribution >= 0.6 is 0 Å². The van der Waals surface area contributed by atoms with Gasteiger partial charge in [0.15, 0.2) is 0 Å². The van der Waals surface area contributed by atoms with Crippen molar-refractivity contribution in [1.82, 2.24) is 10.2 Å². The number of carboxylic acid groups (broad SMARTS) is 1. The molecule has 1 saturated carbocycles. The molecule has 2 amide bonds. The van der Waals surface area contributed by atoms with E-state index in [0.29, 0.717) is 11.8 Å². The summed E-state index contributed by atoms with van der Waals surface area (Å²) in [6.07, 6.45) is 0.0973. The van der Waals surface area contributed by atoms with Crippen LogP contribution in [0.4, 0.5) is 4.79 Å². The predicted octanol–water partition coefficient (Wildman–Crippen LogP) is 0.121. The number of carbonyl (C=O) groups is 2. The molecule has 2 rings (SSSR count). The monoisotopic (exact) mass is 198 g/mol. The van der Waals surface area contributed by atoms with Gasteiger partial charge in [0.05, 0.1) is 0 Å². The van der Waals surface area contributed by atoms with Gasteiger partial charge in [-0.05, 0) is 25.2 Å². The Morgan fingerprint density at radius 2 is 2.00 bits per heavy atom. The first kappa shape index (κ1) is 9.30. The Balaban J connectivity index is 1.85. The number of carbonyl (C=O) groups excluding carboxylic acids is 1.